The second-order valence-electron chi connectivity index (χ2n) is 4.29. The van der Waals surface area contributed by atoms with Crippen molar-refractivity contribution < 1.29 is 14.6 Å². The fourth-order valence-corrected chi connectivity index (χ4v) is 2.37. The zero-order valence-electron chi connectivity index (χ0n) is 11.0. The van der Waals surface area contributed by atoms with E-state index in [-0.39, 0.29) is 18.9 Å². The Labute approximate surface area is 122 Å². The minimum absolute atomic E-state index is 0.129. The van der Waals surface area contributed by atoms with Crippen molar-refractivity contribution in [3.05, 3.63) is 52.7 Å². The number of amides is 1. The lowest BCUT2D eigenvalue weighted by atomic mass is 10.2. The number of carbonyl (C=O) groups excluding carboxylic acids is 1. The highest BCUT2D eigenvalue weighted by Crippen LogP contribution is 2.15. The maximum Gasteiger partial charge on any atom is 0.223 e. The van der Waals surface area contributed by atoms with Crippen LogP contribution in [0.3, 0.4) is 0 Å². The summed E-state index contributed by atoms with van der Waals surface area (Å²) in [6.07, 6.45) is -0.383. The van der Waals surface area contributed by atoms with E-state index in [9.17, 15) is 9.90 Å². The standard InChI is InChI=1S/C15H17NO3S/c17-14(12-7-9-20-11-12)10-16-15(18)6-8-19-13-4-2-1-3-5-13/h1-5,7,9,11,14,17H,6,8,10H2,(H,16,18). The first-order valence-electron chi connectivity index (χ1n) is 6.40. The molecule has 5 heteroatoms. The van der Waals surface area contributed by atoms with Crippen LogP contribution in [0.1, 0.15) is 18.1 Å². The lowest BCUT2D eigenvalue weighted by Gasteiger charge is -2.11. The Morgan fingerprint density at radius 1 is 1.30 bits per heavy atom. The van der Waals surface area contributed by atoms with E-state index >= 15 is 0 Å². The summed E-state index contributed by atoms with van der Waals surface area (Å²) in [6, 6.07) is 11.2. The largest absolute Gasteiger partial charge is 0.493 e. The summed E-state index contributed by atoms with van der Waals surface area (Å²) in [7, 11) is 0. The number of aliphatic hydroxyl groups excluding tert-OH is 1. The van der Waals surface area contributed by atoms with Gasteiger partial charge in [0.15, 0.2) is 0 Å². The van der Waals surface area contributed by atoms with E-state index in [4.69, 9.17) is 4.74 Å². The molecule has 0 fully saturated rings. The van der Waals surface area contributed by atoms with Crippen LogP contribution in [0.5, 0.6) is 5.75 Å². The summed E-state index contributed by atoms with van der Waals surface area (Å²) in [6.45, 7) is 0.547. The van der Waals surface area contributed by atoms with Crippen LogP contribution < -0.4 is 10.1 Å². The zero-order chi connectivity index (χ0) is 14.2. The topological polar surface area (TPSA) is 58.6 Å². The van der Waals surface area contributed by atoms with Crippen LogP contribution >= 0.6 is 11.3 Å². The number of para-hydroxylation sites is 1. The molecule has 0 spiro atoms. The third-order valence-corrected chi connectivity index (χ3v) is 3.46. The van der Waals surface area contributed by atoms with Gasteiger partial charge in [0.25, 0.3) is 0 Å². The van der Waals surface area contributed by atoms with Gasteiger partial charge >= 0.3 is 0 Å². The van der Waals surface area contributed by atoms with Crippen LogP contribution in [-0.4, -0.2) is 24.2 Å². The number of aliphatic hydroxyl groups is 1. The highest BCUT2D eigenvalue weighted by Gasteiger charge is 2.09. The second kappa shape index (κ2) is 7.67. The van der Waals surface area contributed by atoms with Crippen molar-refractivity contribution in [2.24, 2.45) is 0 Å². The Bertz CT molecular complexity index is 513. The summed E-state index contributed by atoms with van der Waals surface area (Å²) in [4.78, 5) is 11.6. The molecule has 2 rings (SSSR count). The number of nitrogens with one attached hydrogen (secondary N) is 1. The number of hydrogen-bond acceptors (Lipinski definition) is 4. The van der Waals surface area contributed by atoms with Gasteiger partial charge < -0.3 is 15.2 Å². The minimum atomic E-state index is -0.653. The minimum Gasteiger partial charge on any atom is -0.493 e. The molecule has 0 saturated carbocycles. The normalized spacial score (nSPS) is 11.8. The summed E-state index contributed by atoms with van der Waals surface area (Å²) in [5.41, 5.74) is 0.829. The van der Waals surface area contributed by atoms with Gasteiger partial charge in [-0.1, -0.05) is 18.2 Å². The molecule has 4 nitrogen and oxygen atoms in total. The van der Waals surface area contributed by atoms with Crippen molar-refractivity contribution in [2.45, 2.75) is 12.5 Å². The molecule has 1 atom stereocenters. The van der Waals surface area contributed by atoms with Crippen LogP contribution in [0.2, 0.25) is 0 Å². The molecule has 0 aliphatic carbocycles. The quantitative estimate of drug-likeness (QED) is 0.823. The molecule has 1 aromatic carbocycles. The van der Waals surface area contributed by atoms with Crippen molar-refractivity contribution in [3.8, 4) is 5.75 Å². The van der Waals surface area contributed by atoms with E-state index in [2.05, 4.69) is 5.32 Å². The number of thiophene rings is 1. The molecule has 0 radical (unpaired) electrons. The molecule has 1 heterocycles. The van der Waals surface area contributed by atoms with Crippen molar-refractivity contribution >= 4 is 17.2 Å². The highest BCUT2D eigenvalue weighted by molar-refractivity contribution is 7.07. The van der Waals surface area contributed by atoms with Gasteiger partial charge in [0.2, 0.25) is 5.91 Å². The lowest BCUT2D eigenvalue weighted by Crippen LogP contribution is -2.29. The molecule has 2 aromatic rings. The molecule has 20 heavy (non-hydrogen) atoms. The fraction of sp³-hybridized carbons (Fsp3) is 0.267. The maximum absolute atomic E-state index is 11.6. The summed E-state index contributed by atoms with van der Waals surface area (Å²) in [5, 5.41) is 16.3. The summed E-state index contributed by atoms with van der Waals surface area (Å²) < 4.78 is 5.43. The fourth-order valence-electron chi connectivity index (χ4n) is 1.66. The third kappa shape index (κ3) is 4.68. The molecular formula is C15H17NO3S. The van der Waals surface area contributed by atoms with Crippen molar-refractivity contribution in [1.29, 1.82) is 0 Å². The van der Waals surface area contributed by atoms with E-state index in [0.717, 1.165) is 11.3 Å². The first-order valence-corrected chi connectivity index (χ1v) is 7.34. The van der Waals surface area contributed by atoms with E-state index in [1.807, 2.05) is 47.2 Å². The lowest BCUT2D eigenvalue weighted by molar-refractivity contribution is -0.122. The Balaban J connectivity index is 1.63. The molecule has 2 N–H and O–H groups in total. The molecular weight excluding hydrogens is 274 g/mol. The van der Waals surface area contributed by atoms with Crippen LogP contribution in [0.25, 0.3) is 0 Å². The first-order chi connectivity index (χ1) is 9.75. The van der Waals surface area contributed by atoms with Gasteiger partial charge in [0.1, 0.15) is 5.75 Å². The zero-order valence-corrected chi connectivity index (χ0v) is 11.8. The average molecular weight is 291 g/mol. The van der Waals surface area contributed by atoms with E-state index in [0.29, 0.717) is 6.61 Å². The second-order valence-corrected chi connectivity index (χ2v) is 5.07. The Morgan fingerprint density at radius 3 is 2.80 bits per heavy atom. The summed E-state index contributed by atoms with van der Waals surface area (Å²) in [5.74, 6) is 0.619. The molecule has 0 aliphatic rings. The average Bonchev–Trinajstić information content (AvgIpc) is 3.00. The van der Waals surface area contributed by atoms with E-state index in [1.54, 1.807) is 0 Å². The van der Waals surface area contributed by atoms with Crippen LogP contribution in [0.4, 0.5) is 0 Å². The Morgan fingerprint density at radius 2 is 2.10 bits per heavy atom. The number of carbonyl (C=O) groups is 1. The van der Waals surface area contributed by atoms with Gasteiger partial charge in [-0.3, -0.25) is 4.79 Å². The van der Waals surface area contributed by atoms with Gasteiger partial charge in [-0.2, -0.15) is 11.3 Å². The molecule has 1 amide bonds. The van der Waals surface area contributed by atoms with Crippen LogP contribution in [0.15, 0.2) is 47.2 Å². The van der Waals surface area contributed by atoms with E-state index < -0.39 is 6.10 Å². The monoisotopic (exact) mass is 291 g/mol. The Kier molecular flexibility index (Phi) is 5.58. The van der Waals surface area contributed by atoms with Crippen LogP contribution in [0, 0.1) is 0 Å². The van der Waals surface area contributed by atoms with Gasteiger partial charge in [-0.25, -0.2) is 0 Å². The smallest absolute Gasteiger partial charge is 0.223 e. The molecule has 0 bridgehead atoms. The molecule has 1 unspecified atom stereocenters. The number of ether oxygens (including phenoxy) is 1. The highest BCUT2D eigenvalue weighted by atomic mass is 32.1. The van der Waals surface area contributed by atoms with Crippen molar-refractivity contribution in [2.75, 3.05) is 13.2 Å². The predicted octanol–water partition coefficient (Wildman–Crippen LogP) is 2.37. The summed E-state index contributed by atoms with van der Waals surface area (Å²) >= 11 is 1.52. The SMILES string of the molecule is O=C(CCOc1ccccc1)NCC(O)c1ccsc1. The van der Waals surface area contributed by atoms with Gasteiger partial charge in [-0.15, -0.1) is 0 Å². The predicted molar refractivity (Wildman–Crippen MR) is 78.8 cm³/mol. The molecule has 0 saturated heterocycles. The molecule has 106 valence electrons. The van der Waals surface area contributed by atoms with Gasteiger partial charge in [0, 0.05) is 6.54 Å². The maximum atomic E-state index is 11.6. The number of rotatable bonds is 7. The number of benzene rings is 1. The van der Waals surface area contributed by atoms with Gasteiger partial charge in [0.05, 0.1) is 19.1 Å². The molecule has 0 aliphatic heterocycles. The van der Waals surface area contributed by atoms with Crippen molar-refractivity contribution in [3.63, 3.8) is 0 Å². The van der Waals surface area contributed by atoms with Gasteiger partial charge in [-0.05, 0) is 34.5 Å². The van der Waals surface area contributed by atoms with E-state index in [1.165, 1.54) is 11.3 Å². The molecule has 1 aromatic heterocycles. The first kappa shape index (κ1) is 14.6. The van der Waals surface area contributed by atoms with Crippen LogP contribution in [-0.2, 0) is 4.79 Å². The number of hydrogen-bond donors (Lipinski definition) is 2. The van der Waals surface area contributed by atoms with Crippen molar-refractivity contribution in [1.82, 2.24) is 5.32 Å². The Hall–Kier alpha value is -1.85. The third-order valence-electron chi connectivity index (χ3n) is 2.76.